The molecule has 8 nitrogen and oxygen atoms in total. The second kappa shape index (κ2) is 16.1. The van der Waals surface area contributed by atoms with Crippen molar-refractivity contribution in [2.75, 3.05) is 20.1 Å². The number of hydrogen-bond donors (Lipinski definition) is 1. The number of rotatable bonds is 15. The topological polar surface area (TPSA) is 97.7 Å². The zero-order valence-electron chi connectivity index (χ0n) is 25.1. The molecule has 0 bridgehead atoms. The van der Waals surface area contributed by atoms with E-state index in [0.29, 0.717) is 51.5 Å². The summed E-state index contributed by atoms with van der Waals surface area (Å²) in [5.74, 6) is -0.276. The molecule has 0 fully saturated rings. The highest BCUT2D eigenvalue weighted by atomic mass is 35.5. The Morgan fingerprint density at radius 3 is 2.33 bits per heavy atom. The van der Waals surface area contributed by atoms with Gasteiger partial charge >= 0.3 is 5.97 Å². The molecule has 226 valence electrons. The van der Waals surface area contributed by atoms with Crippen molar-refractivity contribution < 1.29 is 23.9 Å². The van der Waals surface area contributed by atoms with Gasteiger partial charge in [0.25, 0.3) is 5.91 Å². The maximum Gasteiger partial charge on any atom is 0.308 e. The standard InChI is InChI=1S/C33H42ClN3O5/c1-5-6-20-36(4)32(40)12-10-8-7-9-11-19-35-31(39)22-28-23(2)37(33(41)25-13-15-26(34)16-14-25)30-18-17-27(21-29(28)30)42-24(3)38/h13-18,21H,5-12,19-20,22H2,1-4H3,(H,35,39). The third-order valence-electron chi connectivity index (χ3n) is 7.36. The Bertz CT molecular complexity index is 1400. The fraction of sp³-hybridized carbons (Fsp3) is 0.455. The van der Waals surface area contributed by atoms with Crippen LogP contribution in [0.3, 0.4) is 0 Å². The summed E-state index contributed by atoms with van der Waals surface area (Å²) in [4.78, 5) is 52.0. The molecule has 42 heavy (non-hydrogen) atoms. The Labute approximate surface area is 253 Å². The number of fused-ring (bicyclic) bond motifs is 1. The third kappa shape index (κ3) is 9.18. The molecule has 0 radical (unpaired) electrons. The molecule has 0 aliphatic rings. The van der Waals surface area contributed by atoms with Gasteiger partial charge in [-0.15, -0.1) is 0 Å². The molecular weight excluding hydrogens is 554 g/mol. The van der Waals surface area contributed by atoms with Crippen LogP contribution in [0.15, 0.2) is 42.5 Å². The van der Waals surface area contributed by atoms with E-state index in [9.17, 15) is 19.2 Å². The van der Waals surface area contributed by atoms with Crippen molar-refractivity contribution in [3.63, 3.8) is 0 Å². The number of esters is 1. The quantitative estimate of drug-likeness (QED) is 0.123. The summed E-state index contributed by atoms with van der Waals surface area (Å²) in [6.45, 7) is 6.63. The summed E-state index contributed by atoms with van der Waals surface area (Å²) in [5, 5.41) is 4.21. The summed E-state index contributed by atoms with van der Waals surface area (Å²) in [6.07, 6.45) is 7.50. The van der Waals surface area contributed by atoms with Gasteiger partial charge in [-0.1, -0.05) is 44.2 Å². The number of benzene rings is 2. The number of nitrogens with zero attached hydrogens (tertiary/aromatic N) is 2. The van der Waals surface area contributed by atoms with Crippen molar-refractivity contribution in [1.29, 1.82) is 0 Å². The van der Waals surface area contributed by atoms with Gasteiger partial charge in [0.1, 0.15) is 5.75 Å². The van der Waals surface area contributed by atoms with Gasteiger partial charge in [0.05, 0.1) is 11.9 Å². The van der Waals surface area contributed by atoms with Crippen molar-refractivity contribution in [2.45, 2.75) is 78.6 Å². The maximum atomic E-state index is 13.5. The van der Waals surface area contributed by atoms with Crippen LogP contribution >= 0.6 is 11.6 Å². The molecule has 0 atom stereocenters. The Balaban J connectivity index is 1.59. The first-order chi connectivity index (χ1) is 20.1. The van der Waals surface area contributed by atoms with Gasteiger partial charge in [0.2, 0.25) is 11.8 Å². The van der Waals surface area contributed by atoms with Crippen molar-refractivity contribution in [2.24, 2.45) is 0 Å². The number of hydrogen-bond acceptors (Lipinski definition) is 5. The van der Waals surface area contributed by atoms with E-state index in [1.54, 1.807) is 47.0 Å². The SMILES string of the molecule is CCCCN(C)C(=O)CCCCCCCNC(=O)Cc1c(C)n(C(=O)c2ccc(Cl)cc2)c2ccc(OC(C)=O)cc12. The van der Waals surface area contributed by atoms with E-state index in [1.165, 1.54) is 6.92 Å². The number of aromatic nitrogens is 1. The minimum atomic E-state index is -0.451. The largest absolute Gasteiger partial charge is 0.427 e. The molecule has 3 rings (SSSR count). The van der Waals surface area contributed by atoms with E-state index in [0.717, 1.165) is 51.5 Å². The Kier molecular flexibility index (Phi) is 12.6. The molecule has 9 heteroatoms. The summed E-state index contributed by atoms with van der Waals surface area (Å²) in [5.41, 5.74) is 2.44. The van der Waals surface area contributed by atoms with E-state index in [1.807, 2.05) is 18.9 Å². The lowest BCUT2D eigenvalue weighted by Crippen LogP contribution is -2.27. The number of unbranched alkanes of at least 4 members (excludes halogenated alkanes) is 5. The third-order valence-corrected chi connectivity index (χ3v) is 7.61. The van der Waals surface area contributed by atoms with Crippen LogP contribution in [0.25, 0.3) is 10.9 Å². The van der Waals surface area contributed by atoms with E-state index in [2.05, 4.69) is 12.2 Å². The van der Waals surface area contributed by atoms with Crippen molar-refractivity contribution in [3.8, 4) is 5.75 Å². The van der Waals surface area contributed by atoms with E-state index in [4.69, 9.17) is 16.3 Å². The number of carbonyl (C=O) groups excluding carboxylic acids is 4. The molecule has 0 spiro atoms. The highest BCUT2D eigenvalue weighted by Gasteiger charge is 2.22. The van der Waals surface area contributed by atoms with E-state index >= 15 is 0 Å². The molecule has 2 aromatic carbocycles. The van der Waals surface area contributed by atoms with Crippen LogP contribution in [0.5, 0.6) is 5.75 Å². The highest BCUT2D eigenvalue weighted by Crippen LogP contribution is 2.31. The second-order valence-corrected chi connectivity index (χ2v) is 11.1. The number of halogens is 1. The molecule has 2 amide bonds. The van der Waals surface area contributed by atoms with Gasteiger partial charge in [-0.05, 0) is 74.2 Å². The van der Waals surface area contributed by atoms with Crippen LogP contribution in [0.1, 0.15) is 86.8 Å². The zero-order valence-corrected chi connectivity index (χ0v) is 25.9. The van der Waals surface area contributed by atoms with Crippen LogP contribution in [-0.4, -0.2) is 53.3 Å². The minimum Gasteiger partial charge on any atom is -0.427 e. The molecule has 0 saturated carbocycles. The molecular formula is C33H42ClN3O5. The maximum absolute atomic E-state index is 13.5. The van der Waals surface area contributed by atoms with Crippen LogP contribution in [0, 0.1) is 6.92 Å². The van der Waals surface area contributed by atoms with E-state index in [-0.39, 0.29) is 24.1 Å². The fourth-order valence-corrected chi connectivity index (χ4v) is 5.12. The monoisotopic (exact) mass is 595 g/mol. The molecule has 3 aromatic rings. The first-order valence-corrected chi connectivity index (χ1v) is 15.1. The average molecular weight is 596 g/mol. The van der Waals surface area contributed by atoms with Crippen molar-refractivity contribution >= 4 is 46.2 Å². The second-order valence-electron chi connectivity index (χ2n) is 10.7. The van der Waals surface area contributed by atoms with Gasteiger partial charge in [0.15, 0.2) is 0 Å². The molecule has 0 aliphatic heterocycles. The number of amides is 2. The number of ether oxygens (including phenoxy) is 1. The minimum absolute atomic E-state index is 0.0837. The molecule has 1 N–H and O–H groups in total. The normalized spacial score (nSPS) is 11.0. The Hall–Kier alpha value is -3.65. The fourth-order valence-electron chi connectivity index (χ4n) is 4.99. The van der Waals surface area contributed by atoms with Gasteiger partial charge in [0, 0.05) is 55.1 Å². The number of carbonyl (C=O) groups is 4. The Morgan fingerprint density at radius 1 is 0.952 bits per heavy atom. The van der Waals surface area contributed by atoms with Crippen LogP contribution in [-0.2, 0) is 20.8 Å². The van der Waals surface area contributed by atoms with E-state index < -0.39 is 5.97 Å². The van der Waals surface area contributed by atoms with Gasteiger partial charge in [-0.25, -0.2) is 0 Å². The van der Waals surface area contributed by atoms with Gasteiger partial charge < -0.3 is 15.0 Å². The predicted octanol–water partition coefficient (Wildman–Crippen LogP) is 6.47. The van der Waals surface area contributed by atoms with Crippen molar-refractivity contribution in [3.05, 3.63) is 64.3 Å². The molecule has 0 saturated heterocycles. The summed E-state index contributed by atoms with van der Waals surface area (Å²) in [6, 6.07) is 11.7. The van der Waals surface area contributed by atoms with Crippen molar-refractivity contribution in [1.82, 2.24) is 14.8 Å². The first-order valence-electron chi connectivity index (χ1n) is 14.8. The lowest BCUT2D eigenvalue weighted by molar-refractivity contribution is -0.132. The molecule has 1 heterocycles. The molecule has 0 unspecified atom stereocenters. The Morgan fingerprint density at radius 2 is 1.64 bits per heavy atom. The first kappa shape index (κ1) is 32.9. The lowest BCUT2D eigenvalue weighted by atomic mass is 10.1. The highest BCUT2D eigenvalue weighted by molar-refractivity contribution is 6.30. The average Bonchev–Trinajstić information content (AvgIpc) is 3.22. The number of nitrogens with one attached hydrogen (secondary N) is 1. The van der Waals surface area contributed by atoms with Gasteiger partial charge in [-0.2, -0.15) is 0 Å². The zero-order chi connectivity index (χ0) is 30.6. The van der Waals surface area contributed by atoms with Crippen LogP contribution < -0.4 is 10.1 Å². The van der Waals surface area contributed by atoms with Crippen LogP contribution in [0.4, 0.5) is 0 Å². The smallest absolute Gasteiger partial charge is 0.308 e. The van der Waals surface area contributed by atoms with Crippen LogP contribution in [0.2, 0.25) is 5.02 Å². The predicted molar refractivity (Wildman–Crippen MR) is 166 cm³/mol. The summed E-state index contributed by atoms with van der Waals surface area (Å²) in [7, 11) is 1.87. The summed E-state index contributed by atoms with van der Waals surface area (Å²) >= 11 is 6.01. The molecule has 0 aliphatic carbocycles. The summed E-state index contributed by atoms with van der Waals surface area (Å²) < 4.78 is 6.87. The molecule has 1 aromatic heterocycles. The van der Waals surface area contributed by atoms with Gasteiger partial charge in [-0.3, -0.25) is 23.7 Å². The lowest BCUT2D eigenvalue weighted by Gasteiger charge is -2.16.